The number of nitrogens with one attached hydrogen (secondary N) is 1. The molecule has 0 aliphatic heterocycles. The Labute approximate surface area is 120 Å². The zero-order chi connectivity index (χ0) is 14.3. The fourth-order valence-electron chi connectivity index (χ4n) is 2.01. The molecule has 0 saturated carbocycles. The lowest BCUT2D eigenvalue weighted by Crippen LogP contribution is -2.27. The molecule has 19 heavy (non-hydrogen) atoms. The number of thioether (sulfide) groups is 1. The smallest absolute Gasteiger partial charge is 0.126 e. The largest absolute Gasteiger partial charge is 0.313 e. The van der Waals surface area contributed by atoms with Crippen molar-refractivity contribution in [3.63, 3.8) is 0 Å². The number of rotatable bonds is 8. The van der Waals surface area contributed by atoms with Gasteiger partial charge >= 0.3 is 0 Å². The van der Waals surface area contributed by atoms with Crippen LogP contribution in [-0.4, -0.2) is 44.1 Å². The van der Waals surface area contributed by atoms with E-state index in [9.17, 15) is 4.39 Å². The van der Waals surface area contributed by atoms with Crippen LogP contribution in [0.2, 0.25) is 0 Å². The zero-order valence-corrected chi connectivity index (χ0v) is 13.2. The van der Waals surface area contributed by atoms with Gasteiger partial charge in [-0.1, -0.05) is 12.1 Å². The number of aryl methyl sites for hydroxylation is 1. The fraction of sp³-hybridized carbons (Fsp3) is 0.600. The van der Waals surface area contributed by atoms with Gasteiger partial charge in [-0.2, -0.15) is 11.8 Å². The molecule has 0 saturated heterocycles. The van der Waals surface area contributed by atoms with Crippen molar-refractivity contribution >= 4 is 11.8 Å². The molecular formula is C15H25FN2S. The second-order valence-electron chi connectivity index (χ2n) is 4.93. The van der Waals surface area contributed by atoms with Gasteiger partial charge in [-0.05, 0) is 57.4 Å². The maximum Gasteiger partial charge on any atom is 0.126 e. The average molecular weight is 284 g/mol. The molecule has 0 heterocycles. The monoisotopic (exact) mass is 284 g/mol. The Hall–Kier alpha value is -0.580. The van der Waals surface area contributed by atoms with E-state index in [4.69, 9.17) is 0 Å². The Morgan fingerprint density at radius 3 is 2.68 bits per heavy atom. The van der Waals surface area contributed by atoms with Crippen LogP contribution in [0.4, 0.5) is 4.39 Å². The average Bonchev–Trinajstić information content (AvgIpc) is 2.41. The summed E-state index contributed by atoms with van der Waals surface area (Å²) in [7, 11) is 4.07. The molecule has 1 N–H and O–H groups in total. The molecule has 1 rings (SSSR count). The second-order valence-corrected chi connectivity index (χ2v) is 5.92. The highest BCUT2D eigenvalue weighted by molar-refractivity contribution is 7.98. The van der Waals surface area contributed by atoms with Gasteiger partial charge in [-0.3, -0.25) is 0 Å². The Morgan fingerprint density at radius 2 is 2.11 bits per heavy atom. The summed E-state index contributed by atoms with van der Waals surface area (Å²) in [5.41, 5.74) is 1.74. The van der Waals surface area contributed by atoms with Crippen LogP contribution >= 0.6 is 11.8 Å². The predicted molar refractivity (Wildman–Crippen MR) is 83.4 cm³/mol. The minimum atomic E-state index is -0.117. The first-order valence-electron chi connectivity index (χ1n) is 6.69. The molecule has 0 bridgehead atoms. The SMILES string of the molecule is CNC(CCN(C)CCSC)c1ccc(C)c(F)c1. The summed E-state index contributed by atoms with van der Waals surface area (Å²) in [5.74, 6) is 1.04. The lowest BCUT2D eigenvalue weighted by molar-refractivity contribution is 0.328. The summed E-state index contributed by atoms with van der Waals surface area (Å²) in [5, 5.41) is 3.28. The van der Waals surface area contributed by atoms with E-state index < -0.39 is 0 Å². The van der Waals surface area contributed by atoms with Crippen LogP contribution < -0.4 is 5.32 Å². The third-order valence-corrected chi connectivity index (χ3v) is 4.01. The van der Waals surface area contributed by atoms with Crippen LogP contribution in [0.3, 0.4) is 0 Å². The summed E-state index contributed by atoms with van der Waals surface area (Å²) < 4.78 is 13.6. The topological polar surface area (TPSA) is 15.3 Å². The quantitative estimate of drug-likeness (QED) is 0.790. The summed E-state index contributed by atoms with van der Waals surface area (Å²) in [4.78, 5) is 2.32. The number of benzene rings is 1. The van der Waals surface area contributed by atoms with Crippen LogP contribution in [-0.2, 0) is 0 Å². The van der Waals surface area contributed by atoms with Crippen LogP contribution in [0.15, 0.2) is 18.2 Å². The van der Waals surface area contributed by atoms with Crippen molar-refractivity contribution in [2.45, 2.75) is 19.4 Å². The van der Waals surface area contributed by atoms with Crippen LogP contribution in [0.1, 0.15) is 23.6 Å². The van der Waals surface area contributed by atoms with Crippen molar-refractivity contribution in [2.75, 3.05) is 39.2 Å². The normalized spacial score (nSPS) is 12.9. The van der Waals surface area contributed by atoms with Gasteiger partial charge in [-0.15, -0.1) is 0 Å². The highest BCUT2D eigenvalue weighted by atomic mass is 32.2. The van der Waals surface area contributed by atoms with Crippen LogP contribution in [0.5, 0.6) is 0 Å². The molecule has 1 unspecified atom stereocenters. The van der Waals surface area contributed by atoms with E-state index in [-0.39, 0.29) is 11.9 Å². The summed E-state index contributed by atoms with van der Waals surface area (Å²) >= 11 is 1.86. The molecule has 0 aromatic heterocycles. The first-order chi connectivity index (χ1) is 9.08. The first-order valence-corrected chi connectivity index (χ1v) is 8.08. The van der Waals surface area contributed by atoms with Crippen molar-refractivity contribution in [3.05, 3.63) is 35.1 Å². The van der Waals surface area contributed by atoms with E-state index in [0.717, 1.165) is 30.8 Å². The number of nitrogens with zero attached hydrogens (tertiary/aromatic N) is 1. The molecule has 0 aliphatic rings. The van der Waals surface area contributed by atoms with Gasteiger partial charge in [0.15, 0.2) is 0 Å². The highest BCUT2D eigenvalue weighted by Crippen LogP contribution is 2.19. The molecule has 0 aliphatic carbocycles. The standard InChI is InChI=1S/C15H25FN2S/c1-12-5-6-13(11-14(12)16)15(17-2)7-8-18(3)9-10-19-4/h5-6,11,15,17H,7-10H2,1-4H3. The molecule has 0 radical (unpaired) electrons. The molecule has 4 heteroatoms. The molecule has 1 atom stereocenters. The molecule has 2 nitrogen and oxygen atoms in total. The zero-order valence-electron chi connectivity index (χ0n) is 12.4. The van der Waals surface area contributed by atoms with Crippen LogP contribution in [0, 0.1) is 12.7 Å². The van der Waals surface area contributed by atoms with E-state index in [2.05, 4.69) is 23.5 Å². The molecule has 0 fully saturated rings. The van der Waals surface area contributed by atoms with Gasteiger partial charge in [0.2, 0.25) is 0 Å². The minimum Gasteiger partial charge on any atom is -0.313 e. The lowest BCUT2D eigenvalue weighted by Gasteiger charge is -2.21. The van der Waals surface area contributed by atoms with Crippen molar-refractivity contribution in [3.8, 4) is 0 Å². The Balaban J connectivity index is 2.55. The van der Waals surface area contributed by atoms with Gasteiger partial charge in [-0.25, -0.2) is 4.39 Å². The van der Waals surface area contributed by atoms with Crippen molar-refractivity contribution in [1.29, 1.82) is 0 Å². The maximum absolute atomic E-state index is 13.6. The maximum atomic E-state index is 13.6. The van der Waals surface area contributed by atoms with Gasteiger partial charge in [0, 0.05) is 18.3 Å². The highest BCUT2D eigenvalue weighted by Gasteiger charge is 2.11. The van der Waals surface area contributed by atoms with E-state index in [0.29, 0.717) is 5.56 Å². The molecule has 108 valence electrons. The van der Waals surface area contributed by atoms with E-state index in [1.165, 1.54) is 0 Å². The molecule has 1 aromatic carbocycles. The van der Waals surface area contributed by atoms with Gasteiger partial charge in [0.1, 0.15) is 5.82 Å². The van der Waals surface area contributed by atoms with Crippen LogP contribution in [0.25, 0.3) is 0 Å². The molecule has 0 amide bonds. The summed E-state index contributed by atoms with van der Waals surface area (Å²) in [6.45, 7) is 3.91. The van der Waals surface area contributed by atoms with Gasteiger partial charge in [0.05, 0.1) is 0 Å². The lowest BCUT2D eigenvalue weighted by atomic mass is 10.0. The fourth-order valence-corrected chi connectivity index (χ4v) is 2.51. The Bertz CT molecular complexity index is 384. The van der Waals surface area contributed by atoms with Crippen molar-refractivity contribution in [2.24, 2.45) is 0 Å². The summed E-state index contributed by atoms with van der Waals surface area (Å²) in [6.07, 6.45) is 3.11. The molecule has 0 spiro atoms. The summed E-state index contributed by atoms with van der Waals surface area (Å²) in [6, 6.07) is 5.73. The number of halogens is 1. The van der Waals surface area contributed by atoms with E-state index in [1.54, 1.807) is 13.0 Å². The van der Waals surface area contributed by atoms with Crippen molar-refractivity contribution in [1.82, 2.24) is 10.2 Å². The number of hydrogen-bond donors (Lipinski definition) is 1. The van der Waals surface area contributed by atoms with Gasteiger partial charge < -0.3 is 10.2 Å². The molecule has 1 aromatic rings. The third kappa shape index (κ3) is 5.51. The van der Waals surface area contributed by atoms with E-state index >= 15 is 0 Å². The Morgan fingerprint density at radius 1 is 1.37 bits per heavy atom. The second kappa shape index (κ2) is 8.56. The molecular weight excluding hydrogens is 259 g/mol. The number of hydrogen-bond acceptors (Lipinski definition) is 3. The minimum absolute atomic E-state index is 0.117. The first kappa shape index (κ1) is 16.5. The van der Waals surface area contributed by atoms with Crippen molar-refractivity contribution < 1.29 is 4.39 Å². The Kier molecular flexibility index (Phi) is 7.42. The predicted octanol–water partition coefficient (Wildman–Crippen LogP) is 3.08. The third-order valence-electron chi connectivity index (χ3n) is 3.42. The van der Waals surface area contributed by atoms with E-state index in [1.807, 2.05) is 30.9 Å². The van der Waals surface area contributed by atoms with Gasteiger partial charge in [0.25, 0.3) is 0 Å².